The molecule has 20 heavy (non-hydrogen) atoms. The van der Waals surface area contributed by atoms with E-state index in [9.17, 15) is 9.59 Å². The van der Waals surface area contributed by atoms with Gasteiger partial charge in [-0.15, -0.1) is 0 Å². The molecule has 1 aromatic heterocycles. The Morgan fingerprint density at radius 2 is 2.20 bits per heavy atom. The monoisotopic (exact) mass is 317 g/mol. The van der Waals surface area contributed by atoms with E-state index in [-0.39, 0.29) is 22.0 Å². The van der Waals surface area contributed by atoms with Gasteiger partial charge in [0.25, 0.3) is 0 Å². The Hall–Kier alpha value is -1.34. The Morgan fingerprint density at radius 3 is 2.80 bits per heavy atom. The van der Waals surface area contributed by atoms with Crippen LogP contribution < -0.4 is 4.90 Å². The number of anilines is 1. The minimum Gasteiger partial charge on any atom is -0.465 e. The van der Waals surface area contributed by atoms with Crippen molar-refractivity contribution >= 4 is 39.9 Å². The van der Waals surface area contributed by atoms with Crippen LogP contribution in [0.1, 0.15) is 22.5 Å². The molecule has 1 amide bonds. The number of aromatic nitrogens is 1. The van der Waals surface area contributed by atoms with Gasteiger partial charge in [0.05, 0.1) is 7.11 Å². The fraction of sp³-hybridized carbons (Fsp3) is 0.583. The fourth-order valence-corrected chi connectivity index (χ4v) is 3.46. The predicted octanol–water partition coefficient (Wildman–Crippen LogP) is 1.64. The summed E-state index contributed by atoms with van der Waals surface area (Å²) in [5.41, 5.74) is 0. The molecule has 6 nitrogen and oxygen atoms in total. The van der Waals surface area contributed by atoms with Crippen molar-refractivity contribution in [2.75, 3.05) is 32.6 Å². The normalized spacial score (nSPS) is 18.2. The molecule has 1 aromatic rings. The van der Waals surface area contributed by atoms with Gasteiger partial charge in [-0.2, -0.15) is 0 Å². The highest BCUT2D eigenvalue weighted by molar-refractivity contribution is 7.18. The highest BCUT2D eigenvalue weighted by Crippen LogP contribution is 2.34. The van der Waals surface area contributed by atoms with E-state index in [0.29, 0.717) is 5.13 Å². The molecule has 1 fully saturated rings. The Morgan fingerprint density at radius 1 is 1.50 bits per heavy atom. The number of halogens is 1. The van der Waals surface area contributed by atoms with Crippen LogP contribution in [0.25, 0.3) is 0 Å². The second-order valence-electron chi connectivity index (χ2n) is 4.69. The maximum absolute atomic E-state index is 12.1. The van der Waals surface area contributed by atoms with Crippen molar-refractivity contribution in [2.45, 2.75) is 18.9 Å². The smallest absolute Gasteiger partial charge is 0.351 e. The van der Waals surface area contributed by atoms with Gasteiger partial charge in [-0.05, 0) is 12.8 Å². The van der Waals surface area contributed by atoms with E-state index < -0.39 is 5.97 Å². The quantitative estimate of drug-likeness (QED) is 0.793. The molecule has 1 unspecified atom stereocenters. The van der Waals surface area contributed by atoms with Crippen LogP contribution in [0.15, 0.2) is 0 Å². The van der Waals surface area contributed by atoms with E-state index in [1.807, 2.05) is 4.90 Å². The van der Waals surface area contributed by atoms with Crippen molar-refractivity contribution in [1.29, 1.82) is 0 Å². The molecule has 0 bridgehead atoms. The zero-order valence-electron chi connectivity index (χ0n) is 11.6. The Labute approximate surface area is 126 Å². The second-order valence-corrected chi connectivity index (χ2v) is 6.03. The van der Waals surface area contributed by atoms with Crippen molar-refractivity contribution in [3.05, 3.63) is 10.0 Å². The number of carbonyl (C=O) groups excluding carboxylic acids is 2. The molecular formula is C12H16ClN3O3S. The number of hydrogen-bond acceptors (Lipinski definition) is 6. The molecule has 0 radical (unpaired) electrons. The maximum atomic E-state index is 12.1. The number of methoxy groups -OCH3 is 1. The van der Waals surface area contributed by atoms with Crippen molar-refractivity contribution in [3.8, 4) is 0 Å². The summed E-state index contributed by atoms with van der Waals surface area (Å²) in [5, 5.41) is 0.716. The van der Waals surface area contributed by atoms with E-state index in [1.54, 1.807) is 19.0 Å². The van der Waals surface area contributed by atoms with Gasteiger partial charge in [0.1, 0.15) is 6.04 Å². The Bertz CT molecular complexity index is 532. The average Bonchev–Trinajstić information content (AvgIpc) is 3.02. The molecule has 1 saturated heterocycles. The van der Waals surface area contributed by atoms with Gasteiger partial charge in [0.2, 0.25) is 5.91 Å². The average molecular weight is 318 g/mol. The topological polar surface area (TPSA) is 62.7 Å². The largest absolute Gasteiger partial charge is 0.465 e. The van der Waals surface area contributed by atoms with Crippen molar-refractivity contribution < 1.29 is 14.3 Å². The summed E-state index contributed by atoms with van der Waals surface area (Å²) in [6.45, 7) is 0.731. The third-order valence-electron chi connectivity index (χ3n) is 3.17. The van der Waals surface area contributed by atoms with E-state index in [2.05, 4.69) is 9.72 Å². The molecule has 1 atom stereocenters. The summed E-state index contributed by atoms with van der Waals surface area (Å²) in [4.78, 5) is 31.6. The lowest BCUT2D eigenvalue weighted by atomic mass is 10.2. The molecule has 2 heterocycles. The summed E-state index contributed by atoms with van der Waals surface area (Å²) >= 11 is 7.12. The Kier molecular flexibility index (Phi) is 4.49. The van der Waals surface area contributed by atoms with Gasteiger partial charge in [-0.25, -0.2) is 9.78 Å². The van der Waals surface area contributed by atoms with Gasteiger partial charge in [-0.3, -0.25) is 4.79 Å². The van der Waals surface area contributed by atoms with E-state index >= 15 is 0 Å². The lowest BCUT2D eigenvalue weighted by molar-refractivity contribution is -0.129. The van der Waals surface area contributed by atoms with Crippen LogP contribution in [-0.2, 0) is 9.53 Å². The first kappa shape index (κ1) is 15.1. The minimum atomic E-state index is -0.506. The number of ether oxygens (including phenoxy) is 1. The number of hydrogen-bond donors (Lipinski definition) is 0. The highest BCUT2D eigenvalue weighted by atomic mass is 35.5. The SMILES string of the molecule is COC(=O)c1sc(N2CCCC2C(=O)N(C)C)nc1Cl. The zero-order valence-corrected chi connectivity index (χ0v) is 13.1. The number of rotatable bonds is 3. The number of thiazole rings is 1. The van der Waals surface area contributed by atoms with Crippen molar-refractivity contribution in [3.63, 3.8) is 0 Å². The fourth-order valence-electron chi connectivity index (χ4n) is 2.18. The third-order valence-corrected chi connectivity index (χ3v) is 4.63. The van der Waals surface area contributed by atoms with Crippen molar-refractivity contribution in [1.82, 2.24) is 9.88 Å². The number of nitrogens with zero attached hydrogens (tertiary/aromatic N) is 3. The summed E-state index contributed by atoms with van der Waals surface area (Å²) in [6.07, 6.45) is 1.69. The van der Waals surface area contributed by atoms with Gasteiger partial charge >= 0.3 is 5.97 Å². The second kappa shape index (κ2) is 5.97. The summed E-state index contributed by atoms with van der Waals surface area (Å²) in [7, 11) is 4.76. The predicted molar refractivity (Wildman–Crippen MR) is 77.5 cm³/mol. The van der Waals surface area contributed by atoms with E-state index in [4.69, 9.17) is 11.6 Å². The number of amides is 1. The third kappa shape index (κ3) is 2.73. The van der Waals surface area contributed by atoms with Crippen LogP contribution >= 0.6 is 22.9 Å². The molecule has 8 heteroatoms. The highest BCUT2D eigenvalue weighted by Gasteiger charge is 2.34. The molecule has 1 aliphatic rings. The van der Waals surface area contributed by atoms with Gasteiger partial charge in [-0.1, -0.05) is 22.9 Å². The van der Waals surface area contributed by atoms with Crippen molar-refractivity contribution in [2.24, 2.45) is 0 Å². The number of esters is 1. The van der Waals surface area contributed by atoms with E-state index in [1.165, 1.54) is 7.11 Å². The number of carbonyl (C=O) groups is 2. The molecule has 0 N–H and O–H groups in total. The molecule has 0 aromatic carbocycles. The molecule has 0 saturated carbocycles. The van der Waals surface area contributed by atoms with Crippen LogP contribution in [0.2, 0.25) is 5.15 Å². The van der Waals surface area contributed by atoms with Gasteiger partial charge in [0, 0.05) is 20.6 Å². The minimum absolute atomic E-state index is 0.0356. The van der Waals surface area contributed by atoms with E-state index in [0.717, 1.165) is 30.7 Å². The summed E-state index contributed by atoms with van der Waals surface area (Å²) < 4.78 is 4.66. The molecule has 0 spiro atoms. The van der Waals surface area contributed by atoms with Crippen LogP contribution in [0.5, 0.6) is 0 Å². The first-order chi connectivity index (χ1) is 9.45. The molecule has 2 rings (SSSR count). The van der Waals surface area contributed by atoms with Gasteiger partial charge < -0.3 is 14.5 Å². The first-order valence-corrected chi connectivity index (χ1v) is 7.37. The van der Waals surface area contributed by atoms with Crippen LogP contribution in [-0.4, -0.2) is 55.6 Å². The lowest BCUT2D eigenvalue weighted by Crippen LogP contribution is -2.42. The Balaban J connectivity index is 2.27. The molecular weight excluding hydrogens is 302 g/mol. The standard InChI is InChI=1S/C12H16ClN3O3S/c1-15(2)10(17)7-5-4-6-16(7)12-14-9(13)8(20-12)11(18)19-3/h7H,4-6H2,1-3H3. The van der Waals surface area contributed by atoms with Crippen LogP contribution in [0.4, 0.5) is 5.13 Å². The molecule has 0 aliphatic carbocycles. The lowest BCUT2D eigenvalue weighted by Gasteiger charge is -2.25. The van der Waals surface area contributed by atoms with Crippen LogP contribution in [0.3, 0.4) is 0 Å². The first-order valence-electron chi connectivity index (χ1n) is 6.18. The summed E-state index contributed by atoms with van der Waals surface area (Å²) in [5.74, 6) is -0.470. The van der Waals surface area contributed by atoms with Gasteiger partial charge in [0.15, 0.2) is 15.2 Å². The number of likely N-dealkylation sites (N-methyl/N-ethyl adjacent to an activating group) is 1. The molecule has 1 aliphatic heterocycles. The zero-order chi connectivity index (χ0) is 14.9. The van der Waals surface area contributed by atoms with Crippen LogP contribution in [0, 0.1) is 0 Å². The molecule has 110 valence electrons. The summed E-state index contributed by atoms with van der Waals surface area (Å²) in [6, 6.07) is -0.238. The maximum Gasteiger partial charge on any atom is 0.351 e.